The second-order valence-corrected chi connectivity index (χ2v) is 6.26. The Morgan fingerprint density at radius 1 is 1.35 bits per heavy atom. The van der Waals surface area contributed by atoms with E-state index in [1.807, 2.05) is 36.1 Å². The number of hydrogen-bond acceptors (Lipinski definition) is 3. The molecule has 0 unspecified atom stereocenters. The molecule has 0 bridgehead atoms. The molecule has 1 aromatic rings. The van der Waals surface area contributed by atoms with Crippen molar-refractivity contribution in [3.8, 4) is 5.75 Å². The molecule has 23 heavy (non-hydrogen) atoms. The van der Waals surface area contributed by atoms with Gasteiger partial charge in [0.05, 0.1) is 12.5 Å². The van der Waals surface area contributed by atoms with Crippen LogP contribution in [0, 0.1) is 5.92 Å². The number of benzene rings is 1. The summed E-state index contributed by atoms with van der Waals surface area (Å²) in [6.45, 7) is 3.74. The van der Waals surface area contributed by atoms with Crippen molar-refractivity contribution in [2.45, 2.75) is 38.6 Å². The van der Waals surface area contributed by atoms with Crippen LogP contribution in [0.25, 0.3) is 0 Å². The largest absolute Gasteiger partial charge is 0.494 e. The van der Waals surface area contributed by atoms with E-state index in [-0.39, 0.29) is 17.7 Å². The molecule has 2 amide bonds. The van der Waals surface area contributed by atoms with Crippen LogP contribution in [0.1, 0.15) is 31.7 Å². The quantitative estimate of drug-likeness (QED) is 0.834. The summed E-state index contributed by atoms with van der Waals surface area (Å²) < 4.78 is 5.59. The van der Waals surface area contributed by atoms with Gasteiger partial charge in [-0.25, -0.2) is 0 Å². The van der Waals surface area contributed by atoms with E-state index in [0.29, 0.717) is 32.2 Å². The zero-order chi connectivity index (χ0) is 16.2. The maximum atomic E-state index is 12.3. The third-order valence-electron chi connectivity index (χ3n) is 4.48. The number of rotatable bonds is 7. The topological polar surface area (TPSA) is 58.6 Å². The highest BCUT2D eigenvalue weighted by atomic mass is 16.5. The first-order valence-corrected chi connectivity index (χ1v) is 8.47. The summed E-state index contributed by atoms with van der Waals surface area (Å²) in [6.07, 6.45) is 3.27. The van der Waals surface area contributed by atoms with E-state index in [0.717, 1.165) is 30.6 Å². The SMILES string of the molecule is CCOc1ccccc1CCNC(=O)[C@@H]1CC(=O)N(C2CC2)C1. The van der Waals surface area contributed by atoms with Crippen molar-refractivity contribution in [2.24, 2.45) is 5.92 Å². The molecule has 1 atom stereocenters. The summed E-state index contributed by atoms with van der Waals surface area (Å²) in [5.41, 5.74) is 1.09. The van der Waals surface area contributed by atoms with Gasteiger partial charge >= 0.3 is 0 Å². The molecule has 2 aliphatic rings. The normalized spacial score (nSPS) is 20.7. The van der Waals surface area contributed by atoms with Crippen LogP contribution in [-0.4, -0.2) is 42.5 Å². The highest BCUT2D eigenvalue weighted by Crippen LogP contribution is 2.32. The lowest BCUT2D eigenvalue weighted by molar-refractivity contribution is -0.129. The van der Waals surface area contributed by atoms with Crippen LogP contribution in [0.4, 0.5) is 0 Å². The predicted molar refractivity (Wildman–Crippen MR) is 87.2 cm³/mol. The molecule has 124 valence electrons. The van der Waals surface area contributed by atoms with Gasteiger partial charge in [0.15, 0.2) is 0 Å². The number of nitrogens with one attached hydrogen (secondary N) is 1. The maximum absolute atomic E-state index is 12.3. The summed E-state index contributed by atoms with van der Waals surface area (Å²) in [6, 6.07) is 8.29. The lowest BCUT2D eigenvalue weighted by Crippen LogP contribution is -2.34. The second-order valence-electron chi connectivity index (χ2n) is 6.26. The van der Waals surface area contributed by atoms with Crippen LogP contribution in [0.3, 0.4) is 0 Å². The van der Waals surface area contributed by atoms with Crippen molar-refractivity contribution >= 4 is 11.8 Å². The second kappa shape index (κ2) is 7.02. The molecule has 1 N–H and O–H groups in total. The van der Waals surface area contributed by atoms with E-state index in [2.05, 4.69) is 5.32 Å². The zero-order valence-corrected chi connectivity index (χ0v) is 13.6. The first kappa shape index (κ1) is 15.8. The standard InChI is InChI=1S/C18H24N2O3/c1-2-23-16-6-4-3-5-13(16)9-10-19-18(22)14-11-17(21)20(12-14)15-7-8-15/h3-6,14-15H,2,7-12H2,1H3,(H,19,22)/t14-/m1/s1. The highest BCUT2D eigenvalue weighted by Gasteiger charge is 2.41. The predicted octanol–water partition coefficient (Wildman–Crippen LogP) is 1.75. The number of amides is 2. The van der Waals surface area contributed by atoms with Gasteiger partial charge < -0.3 is 15.0 Å². The number of ether oxygens (including phenoxy) is 1. The third-order valence-corrected chi connectivity index (χ3v) is 4.48. The Hall–Kier alpha value is -2.04. The summed E-state index contributed by atoms with van der Waals surface area (Å²) in [5.74, 6) is 0.815. The number of carbonyl (C=O) groups excluding carboxylic acids is 2. The maximum Gasteiger partial charge on any atom is 0.225 e. The van der Waals surface area contributed by atoms with Crippen molar-refractivity contribution in [1.29, 1.82) is 0 Å². The van der Waals surface area contributed by atoms with Gasteiger partial charge in [-0.2, -0.15) is 0 Å². The molecule has 1 heterocycles. The van der Waals surface area contributed by atoms with Crippen molar-refractivity contribution in [3.05, 3.63) is 29.8 Å². The molecule has 0 aromatic heterocycles. The molecule has 0 radical (unpaired) electrons. The molecule has 3 rings (SSSR count). The minimum atomic E-state index is -0.190. The van der Waals surface area contributed by atoms with Gasteiger partial charge in [0.1, 0.15) is 5.75 Å². The molecule has 5 nitrogen and oxygen atoms in total. The Bertz CT molecular complexity index is 583. The van der Waals surface area contributed by atoms with Crippen LogP contribution in [0.2, 0.25) is 0 Å². The van der Waals surface area contributed by atoms with E-state index < -0.39 is 0 Å². The molecule has 1 saturated carbocycles. The minimum Gasteiger partial charge on any atom is -0.494 e. The number of nitrogens with zero attached hydrogens (tertiary/aromatic N) is 1. The fourth-order valence-corrected chi connectivity index (χ4v) is 3.12. The van der Waals surface area contributed by atoms with Gasteiger partial charge in [-0.3, -0.25) is 9.59 Å². The number of likely N-dealkylation sites (tertiary alicyclic amines) is 1. The molecule has 1 aromatic carbocycles. The molecule has 5 heteroatoms. The smallest absolute Gasteiger partial charge is 0.225 e. The van der Waals surface area contributed by atoms with Crippen molar-refractivity contribution in [3.63, 3.8) is 0 Å². The van der Waals surface area contributed by atoms with Gasteiger partial charge in [-0.1, -0.05) is 18.2 Å². The van der Waals surface area contributed by atoms with Crippen molar-refractivity contribution < 1.29 is 14.3 Å². The Balaban J connectivity index is 1.47. The van der Waals surface area contributed by atoms with Crippen LogP contribution in [-0.2, 0) is 16.0 Å². The molecule has 1 saturated heterocycles. The van der Waals surface area contributed by atoms with Crippen LogP contribution >= 0.6 is 0 Å². The summed E-state index contributed by atoms with van der Waals surface area (Å²) in [7, 11) is 0. The van der Waals surface area contributed by atoms with Crippen molar-refractivity contribution in [2.75, 3.05) is 19.7 Å². The molecule has 2 fully saturated rings. The average Bonchev–Trinajstić information content (AvgIpc) is 3.31. The van der Waals surface area contributed by atoms with E-state index in [9.17, 15) is 9.59 Å². The van der Waals surface area contributed by atoms with Gasteiger partial charge in [0.2, 0.25) is 11.8 Å². The van der Waals surface area contributed by atoms with Gasteiger partial charge in [0, 0.05) is 25.6 Å². The first-order valence-electron chi connectivity index (χ1n) is 8.47. The fraction of sp³-hybridized carbons (Fsp3) is 0.556. The molecular formula is C18H24N2O3. The number of para-hydroxylation sites is 1. The summed E-state index contributed by atoms with van der Waals surface area (Å²) in [4.78, 5) is 26.1. The van der Waals surface area contributed by atoms with Gasteiger partial charge in [-0.05, 0) is 37.8 Å². The molecule has 1 aliphatic carbocycles. The first-order chi connectivity index (χ1) is 11.2. The molecule has 0 spiro atoms. The van der Waals surface area contributed by atoms with E-state index in [4.69, 9.17) is 4.74 Å². The molecule has 1 aliphatic heterocycles. The van der Waals surface area contributed by atoms with Crippen LogP contribution < -0.4 is 10.1 Å². The lowest BCUT2D eigenvalue weighted by atomic mass is 10.1. The minimum absolute atomic E-state index is 0.00427. The summed E-state index contributed by atoms with van der Waals surface area (Å²) >= 11 is 0. The fourth-order valence-electron chi connectivity index (χ4n) is 3.12. The lowest BCUT2D eigenvalue weighted by Gasteiger charge is -2.15. The third kappa shape index (κ3) is 3.84. The van der Waals surface area contributed by atoms with E-state index in [1.165, 1.54) is 0 Å². The van der Waals surface area contributed by atoms with Crippen molar-refractivity contribution in [1.82, 2.24) is 10.2 Å². The molecular weight excluding hydrogens is 292 g/mol. The highest BCUT2D eigenvalue weighted by molar-refractivity contribution is 5.89. The Kier molecular flexibility index (Phi) is 4.84. The van der Waals surface area contributed by atoms with Crippen LogP contribution in [0.15, 0.2) is 24.3 Å². The van der Waals surface area contributed by atoms with Gasteiger partial charge in [-0.15, -0.1) is 0 Å². The van der Waals surface area contributed by atoms with E-state index in [1.54, 1.807) is 0 Å². The Labute approximate surface area is 137 Å². The zero-order valence-electron chi connectivity index (χ0n) is 13.6. The Morgan fingerprint density at radius 2 is 2.13 bits per heavy atom. The monoisotopic (exact) mass is 316 g/mol. The summed E-state index contributed by atoms with van der Waals surface area (Å²) in [5, 5.41) is 2.97. The average molecular weight is 316 g/mol. The number of hydrogen-bond donors (Lipinski definition) is 1. The van der Waals surface area contributed by atoms with Gasteiger partial charge in [0.25, 0.3) is 0 Å². The number of carbonyl (C=O) groups is 2. The Morgan fingerprint density at radius 3 is 2.87 bits per heavy atom. The van der Waals surface area contributed by atoms with E-state index >= 15 is 0 Å². The van der Waals surface area contributed by atoms with Crippen LogP contribution in [0.5, 0.6) is 5.75 Å².